The van der Waals surface area contributed by atoms with Crippen molar-refractivity contribution in [1.29, 1.82) is 0 Å². The normalized spacial score (nSPS) is 16.5. The molecule has 1 aliphatic heterocycles. The van der Waals surface area contributed by atoms with Gasteiger partial charge in [-0.05, 0) is 17.0 Å². The Kier molecular flexibility index (Phi) is 3.13. The van der Waals surface area contributed by atoms with E-state index in [0.717, 1.165) is 5.56 Å². The van der Waals surface area contributed by atoms with Crippen molar-refractivity contribution in [1.82, 2.24) is 0 Å². The highest BCUT2D eigenvalue weighted by Gasteiger charge is 2.29. The summed E-state index contributed by atoms with van der Waals surface area (Å²) in [4.78, 5) is 21.0. The van der Waals surface area contributed by atoms with Gasteiger partial charge < -0.3 is 5.32 Å². The van der Waals surface area contributed by atoms with Gasteiger partial charge in [-0.25, -0.2) is 0 Å². The molecule has 2 aromatic rings. The van der Waals surface area contributed by atoms with Crippen LogP contribution in [0.2, 0.25) is 0 Å². The zero-order valence-electron chi connectivity index (χ0n) is 10.7. The molecule has 0 spiro atoms. The standard InChI is InChI=1S/C13H10ClN3O4/c14-5-7-6-15-11-4-12(17(20)21)10-3-8(16(18)19)1-2-9(10)13(7)11/h1-4,7,15H,5-6H2. The lowest BCUT2D eigenvalue weighted by molar-refractivity contribution is -0.386. The average Bonchev–Trinajstić information content (AvgIpc) is 2.88. The molecule has 0 aliphatic carbocycles. The van der Waals surface area contributed by atoms with Gasteiger partial charge in [0.05, 0.1) is 15.2 Å². The number of halogens is 1. The van der Waals surface area contributed by atoms with Crippen LogP contribution in [0.15, 0.2) is 24.3 Å². The SMILES string of the molecule is O=[N+]([O-])c1ccc2c3c(cc([N+](=O)[O-])c2c1)NCC3CCl. The summed E-state index contributed by atoms with van der Waals surface area (Å²) in [5.41, 5.74) is 1.25. The number of nitro benzene ring substituents is 2. The van der Waals surface area contributed by atoms with Crippen molar-refractivity contribution in [2.45, 2.75) is 5.92 Å². The Morgan fingerprint density at radius 1 is 1.19 bits per heavy atom. The zero-order chi connectivity index (χ0) is 15.1. The van der Waals surface area contributed by atoms with Crippen LogP contribution < -0.4 is 5.32 Å². The van der Waals surface area contributed by atoms with Crippen LogP contribution >= 0.6 is 11.6 Å². The maximum absolute atomic E-state index is 11.2. The number of hydrogen-bond donors (Lipinski definition) is 1. The van der Waals surface area contributed by atoms with E-state index in [1.807, 2.05) is 0 Å². The molecule has 0 fully saturated rings. The fourth-order valence-electron chi connectivity index (χ4n) is 2.73. The highest BCUT2D eigenvalue weighted by Crippen LogP contribution is 2.43. The summed E-state index contributed by atoms with van der Waals surface area (Å²) in [7, 11) is 0. The molecule has 8 heteroatoms. The lowest BCUT2D eigenvalue weighted by Crippen LogP contribution is -2.03. The first-order valence-corrected chi connectivity index (χ1v) is 6.75. The van der Waals surface area contributed by atoms with Crippen LogP contribution in [0.3, 0.4) is 0 Å². The molecule has 0 aromatic heterocycles. The van der Waals surface area contributed by atoms with Crippen molar-refractivity contribution in [3.05, 3.63) is 50.1 Å². The molecule has 7 nitrogen and oxygen atoms in total. The van der Waals surface area contributed by atoms with Gasteiger partial charge in [-0.1, -0.05) is 0 Å². The molecule has 1 atom stereocenters. The predicted octanol–water partition coefficient (Wildman–Crippen LogP) is 3.40. The molecule has 2 aromatic carbocycles. The van der Waals surface area contributed by atoms with Crippen molar-refractivity contribution in [3.8, 4) is 0 Å². The third-order valence-electron chi connectivity index (χ3n) is 3.68. The number of nitrogens with one attached hydrogen (secondary N) is 1. The highest BCUT2D eigenvalue weighted by atomic mass is 35.5. The van der Waals surface area contributed by atoms with Gasteiger partial charge in [0.15, 0.2) is 0 Å². The number of non-ortho nitro benzene ring substituents is 2. The van der Waals surface area contributed by atoms with Crippen molar-refractivity contribution in [2.24, 2.45) is 0 Å². The van der Waals surface area contributed by atoms with Gasteiger partial charge in [0.25, 0.3) is 11.4 Å². The Bertz CT molecular complexity index is 778. The Labute approximate surface area is 123 Å². The number of benzene rings is 2. The molecule has 1 unspecified atom stereocenters. The Balaban J connectivity index is 2.37. The minimum absolute atomic E-state index is 0.0337. The summed E-state index contributed by atoms with van der Waals surface area (Å²) in [6, 6.07) is 5.59. The van der Waals surface area contributed by atoms with Gasteiger partial charge in [0.1, 0.15) is 0 Å². The predicted molar refractivity (Wildman–Crippen MR) is 79.2 cm³/mol. The Morgan fingerprint density at radius 3 is 2.57 bits per heavy atom. The maximum Gasteiger partial charge on any atom is 0.279 e. The van der Waals surface area contributed by atoms with Gasteiger partial charge in [-0.3, -0.25) is 20.2 Å². The summed E-state index contributed by atoms with van der Waals surface area (Å²) >= 11 is 5.94. The Hall–Kier alpha value is -2.41. The van der Waals surface area contributed by atoms with Crippen LogP contribution in [0, 0.1) is 20.2 Å². The number of nitro groups is 2. The van der Waals surface area contributed by atoms with E-state index >= 15 is 0 Å². The lowest BCUT2D eigenvalue weighted by Gasteiger charge is -2.10. The fraction of sp³-hybridized carbons (Fsp3) is 0.231. The van der Waals surface area contributed by atoms with Gasteiger partial charge in [-0.15, -0.1) is 11.6 Å². The molecular weight excluding hydrogens is 298 g/mol. The number of rotatable bonds is 3. The van der Waals surface area contributed by atoms with E-state index in [9.17, 15) is 20.2 Å². The lowest BCUT2D eigenvalue weighted by atomic mass is 9.94. The molecular formula is C13H10ClN3O4. The van der Waals surface area contributed by atoms with Crippen LogP contribution in [-0.4, -0.2) is 22.3 Å². The van der Waals surface area contributed by atoms with Crippen molar-refractivity contribution in [2.75, 3.05) is 17.7 Å². The Morgan fingerprint density at radius 2 is 1.95 bits per heavy atom. The van der Waals surface area contributed by atoms with Crippen LogP contribution in [0.1, 0.15) is 11.5 Å². The second-order valence-corrected chi connectivity index (χ2v) is 5.14. The second kappa shape index (κ2) is 4.85. The van der Waals surface area contributed by atoms with E-state index in [2.05, 4.69) is 5.32 Å². The first-order chi connectivity index (χ1) is 10.0. The maximum atomic E-state index is 11.2. The topological polar surface area (TPSA) is 98.3 Å². The van der Waals surface area contributed by atoms with Crippen LogP contribution in [0.4, 0.5) is 17.1 Å². The minimum Gasteiger partial charge on any atom is -0.384 e. The number of alkyl halides is 1. The highest BCUT2D eigenvalue weighted by molar-refractivity contribution is 6.18. The monoisotopic (exact) mass is 307 g/mol. The summed E-state index contributed by atoms with van der Waals surface area (Å²) in [5, 5.41) is 26.1. The van der Waals surface area contributed by atoms with E-state index in [4.69, 9.17) is 11.6 Å². The molecule has 108 valence electrons. The van der Waals surface area contributed by atoms with Crippen molar-refractivity contribution < 1.29 is 9.85 Å². The van der Waals surface area contributed by atoms with E-state index in [0.29, 0.717) is 23.5 Å². The molecule has 0 amide bonds. The van der Waals surface area contributed by atoms with E-state index < -0.39 is 9.85 Å². The smallest absolute Gasteiger partial charge is 0.279 e. The summed E-state index contributed by atoms with van der Waals surface area (Å²) in [6.07, 6.45) is 0. The van der Waals surface area contributed by atoms with Crippen LogP contribution in [0.25, 0.3) is 10.8 Å². The van der Waals surface area contributed by atoms with E-state index in [1.54, 1.807) is 6.07 Å². The van der Waals surface area contributed by atoms with Crippen molar-refractivity contribution in [3.63, 3.8) is 0 Å². The molecule has 0 radical (unpaired) electrons. The minimum atomic E-state index is -0.562. The van der Waals surface area contributed by atoms with Crippen LogP contribution in [-0.2, 0) is 0 Å². The summed E-state index contributed by atoms with van der Waals surface area (Å²) in [5.74, 6) is 0.413. The van der Waals surface area contributed by atoms with Gasteiger partial charge in [0.2, 0.25) is 0 Å². The third-order valence-corrected chi connectivity index (χ3v) is 4.05. The van der Waals surface area contributed by atoms with Crippen molar-refractivity contribution >= 4 is 39.4 Å². The molecule has 3 rings (SSSR count). The number of fused-ring (bicyclic) bond motifs is 3. The van der Waals surface area contributed by atoms with Crippen LogP contribution in [0.5, 0.6) is 0 Å². The first kappa shape index (κ1) is 13.6. The average molecular weight is 308 g/mol. The molecule has 1 aliphatic rings. The molecule has 1 N–H and O–H groups in total. The second-order valence-electron chi connectivity index (χ2n) is 4.83. The molecule has 0 saturated carbocycles. The fourth-order valence-corrected chi connectivity index (χ4v) is 3.00. The van der Waals surface area contributed by atoms with E-state index in [-0.39, 0.29) is 22.7 Å². The third kappa shape index (κ3) is 2.06. The molecule has 21 heavy (non-hydrogen) atoms. The molecule has 0 saturated heterocycles. The summed E-state index contributed by atoms with van der Waals surface area (Å²) in [6.45, 7) is 0.603. The number of anilines is 1. The number of hydrogen-bond acceptors (Lipinski definition) is 5. The van der Waals surface area contributed by atoms with Gasteiger partial charge in [0, 0.05) is 42.2 Å². The molecule has 0 bridgehead atoms. The first-order valence-electron chi connectivity index (χ1n) is 6.22. The number of nitrogens with zero attached hydrogens (tertiary/aromatic N) is 2. The van der Waals surface area contributed by atoms with Gasteiger partial charge in [-0.2, -0.15) is 0 Å². The largest absolute Gasteiger partial charge is 0.384 e. The van der Waals surface area contributed by atoms with Gasteiger partial charge >= 0.3 is 0 Å². The zero-order valence-corrected chi connectivity index (χ0v) is 11.5. The summed E-state index contributed by atoms with van der Waals surface area (Å²) < 4.78 is 0. The molecule has 1 heterocycles. The quantitative estimate of drug-likeness (QED) is 0.532. The van der Waals surface area contributed by atoms with E-state index in [1.165, 1.54) is 18.2 Å².